The smallest absolute Gasteiger partial charge is 0.279 e. The highest BCUT2D eigenvalue weighted by atomic mass is 35.5. The lowest BCUT2D eigenvalue weighted by Crippen LogP contribution is -2.28. The first-order valence-corrected chi connectivity index (χ1v) is 7.84. The summed E-state index contributed by atoms with van der Waals surface area (Å²) in [6.45, 7) is -0.399. The summed E-state index contributed by atoms with van der Waals surface area (Å²) in [7, 11) is 0. The molecule has 0 N–H and O–H groups in total. The van der Waals surface area contributed by atoms with Gasteiger partial charge >= 0.3 is 0 Å². The van der Waals surface area contributed by atoms with Crippen molar-refractivity contribution in [2.24, 2.45) is 0 Å². The maximum atomic E-state index is 12.6. The number of hydrogen-bond donors (Lipinski definition) is 0. The zero-order chi connectivity index (χ0) is 17.8. The zero-order valence-corrected chi connectivity index (χ0v) is 13.8. The van der Waals surface area contributed by atoms with E-state index in [-0.39, 0.29) is 5.56 Å². The Labute approximate surface area is 148 Å². The molecule has 5 nitrogen and oxygen atoms in total. The van der Waals surface area contributed by atoms with Gasteiger partial charge in [-0.25, -0.2) is 4.68 Å². The summed E-state index contributed by atoms with van der Waals surface area (Å²) < 4.78 is 0.933. The van der Waals surface area contributed by atoms with E-state index < -0.39 is 17.3 Å². The molecular weight excluding hydrogens is 338 g/mol. The van der Waals surface area contributed by atoms with Gasteiger partial charge in [-0.05, 0) is 17.2 Å². The van der Waals surface area contributed by atoms with Gasteiger partial charge in [-0.2, -0.15) is 10.4 Å². The van der Waals surface area contributed by atoms with Crippen molar-refractivity contribution in [3.63, 3.8) is 0 Å². The Hall–Kier alpha value is -3.23. The SMILES string of the molecule is N#Cc1c(-c2ccccc2)c(-c2ccccc2)nn(CC(=O)Cl)c1=O. The van der Waals surface area contributed by atoms with E-state index in [1.165, 1.54) is 0 Å². The fourth-order valence-electron chi connectivity index (χ4n) is 2.58. The molecular formula is C19H12ClN3O2. The Morgan fingerprint density at radius 1 is 1.04 bits per heavy atom. The number of benzene rings is 2. The lowest BCUT2D eigenvalue weighted by molar-refractivity contribution is -0.112. The van der Waals surface area contributed by atoms with Crippen LogP contribution in [-0.4, -0.2) is 15.0 Å². The third-order valence-electron chi connectivity index (χ3n) is 3.65. The van der Waals surface area contributed by atoms with Crippen LogP contribution < -0.4 is 5.56 Å². The standard InChI is InChI=1S/C19H12ClN3O2/c20-16(24)12-23-19(25)15(11-21)17(13-7-3-1-4-8-13)18(22-23)14-9-5-2-6-10-14/h1-10H,12H2. The zero-order valence-electron chi connectivity index (χ0n) is 13.0. The van der Waals surface area contributed by atoms with E-state index in [2.05, 4.69) is 5.10 Å². The van der Waals surface area contributed by atoms with Crippen molar-refractivity contribution in [1.29, 1.82) is 5.26 Å². The van der Waals surface area contributed by atoms with Gasteiger partial charge < -0.3 is 0 Å². The van der Waals surface area contributed by atoms with E-state index in [9.17, 15) is 14.9 Å². The normalized spacial score (nSPS) is 10.2. The van der Waals surface area contributed by atoms with Gasteiger partial charge in [-0.3, -0.25) is 9.59 Å². The second-order valence-corrected chi connectivity index (χ2v) is 5.68. The first-order valence-electron chi connectivity index (χ1n) is 7.46. The van der Waals surface area contributed by atoms with Crippen LogP contribution >= 0.6 is 11.6 Å². The van der Waals surface area contributed by atoms with Gasteiger partial charge in [0.1, 0.15) is 23.9 Å². The van der Waals surface area contributed by atoms with Gasteiger partial charge in [0.05, 0.1) is 0 Å². The maximum Gasteiger partial charge on any atom is 0.285 e. The average Bonchev–Trinajstić information content (AvgIpc) is 2.64. The van der Waals surface area contributed by atoms with E-state index in [4.69, 9.17) is 11.6 Å². The van der Waals surface area contributed by atoms with Crippen LogP contribution in [0.1, 0.15) is 5.56 Å². The van der Waals surface area contributed by atoms with Crippen LogP contribution in [-0.2, 0) is 11.3 Å². The van der Waals surface area contributed by atoms with Crippen LogP contribution in [0, 0.1) is 11.3 Å². The Kier molecular flexibility index (Phi) is 4.73. The van der Waals surface area contributed by atoms with Crippen molar-refractivity contribution in [1.82, 2.24) is 9.78 Å². The summed E-state index contributed by atoms with van der Waals surface area (Å²) in [4.78, 5) is 23.8. The van der Waals surface area contributed by atoms with E-state index in [1.807, 2.05) is 54.6 Å². The van der Waals surface area contributed by atoms with Gasteiger partial charge in [0.2, 0.25) is 5.24 Å². The van der Waals surface area contributed by atoms with E-state index in [0.717, 1.165) is 10.2 Å². The number of carbonyl (C=O) groups is 1. The van der Waals surface area contributed by atoms with Crippen molar-refractivity contribution in [3.8, 4) is 28.5 Å². The molecule has 0 aliphatic carbocycles. The van der Waals surface area contributed by atoms with Gasteiger partial charge in [0.15, 0.2) is 0 Å². The number of aromatic nitrogens is 2. The Morgan fingerprint density at radius 3 is 2.12 bits per heavy atom. The summed E-state index contributed by atoms with van der Waals surface area (Å²) in [5.41, 5.74) is 1.60. The van der Waals surface area contributed by atoms with Crippen molar-refractivity contribution in [2.45, 2.75) is 6.54 Å². The molecule has 0 amide bonds. The highest BCUT2D eigenvalue weighted by molar-refractivity contribution is 6.63. The number of rotatable bonds is 4. The minimum atomic E-state index is -0.732. The average molecular weight is 350 g/mol. The minimum absolute atomic E-state index is 0.0713. The molecule has 25 heavy (non-hydrogen) atoms. The first-order chi connectivity index (χ1) is 12.1. The third-order valence-corrected chi connectivity index (χ3v) is 3.77. The summed E-state index contributed by atoms with van der Waals surface area (Å²) in [6.07, 6.45) is 0. The molecule has 1 aromatic heterocycles. The molecule has 0 bridgehead atoms. The summed E-state index contributed by atoms with van der Waals surface area (Å²) >= 11 is 5.41. The number of nitrogens with zero attached hydrogens (tertiary/aromatic N) is 3. The largest absolute Gasteiger partial charge is 0.285 e. The molecule has 6 heteroatoms. The minimum Gasteiger partial charge on any atom is -0.279 e. The molecule has 1 heterocycles. The number of hydrogen-bond acceptors (Lipinski definition) is 4. The number of halogens is 1. The van der Waals surface area contributed by atoms with Crippen LogP contribution in [0.25, 0.3) is 22.4 Å². The van der Waals surface area contributed by atoms with E-state index in [0.29, 0.717) is 16.8 Å². The first kappa shape index (κ1) is 16.6. The van der Waals surface area contributed by atoms with Crippen molar-refractivity contribution >= 4 is 16.8 Å². The molecule has 3 aromatic rings. The molecule has 0 atom stereocenters. The van der Waals surface area contributed by atoms with Gasteiger partial charge in [-0.15, -0.1) is 0 Å². The van der Waals surface area contributed by atoms with Crippen molar-refractivity contribution in [2.75, 3.05) is 0 Å². The monoisotopic (exact) mass is 349 g/mol. The lowest BCUT2D eigenvalue weighted by atomic mass is 9.96. The molecule has 0 spiro atoms. The Balaban J connectivity index is 2.40. The van der Waals surface area contributed by atoms with Crippen LogP contribution in [0.15, 0.2) is 65.5 Å². The Morgan fingerprint density at radius 2 is 1.60 bits per heavy atom. The third kappa shape index (κ3) is 3.35. The molecule has 0 unspecified atom stereocenters. The lowest BCUT2D eigenvalue weighted by Gasteiger charge is -2.13. The van der Waals surface area contributed by atoms with E-state index in [1.54, 1.807) is 12.1 Å². The van der Waals surface area contributed by atoms with Crippen molar-refractivity contribution in [3.05, 3.63) is 76.6 Å². The molecule has 0 fully saturated rings. The van der Waals surface area contributed by atoms with E-state index >= 15 is 0 Å². The Bertz CT molecular complexity index is 1020. The topological polar surface area (TPSA) is 75.8 Å². The van der Waals surface area contributed by atoms with Gasteiger partial charge in [0.25, 0.3) is 5.56 Å². The van der Waals surface area contributed by atoms with Crippen LogP contribution in [0.4, 0.5) is 0 Å². The predicted molar refractivity (Wildman–Crippen MR) is 94.9 cm³/mol. The van der Waals surface area contributed by atoms with Crippen LogP contribution in [0.5, 0.6) is 0 Å². The summed E-state index contributed by atoms with van der Waals surface area (Å²) in [5, 5.41) is 13.2. The molecule has 0 radical (unpaired) electrons. The predicted octanol–water partition coefficient (Wildman–Crippen LogP) is 3.21. The summed E-state index contributed by atoms with van der Waals surface area (Å²) in [5.74, 6) is 0. The number of carbonyl (C=O) groups excluding carboxylic acids is 1. The fourth-order valence-corrected chi connectivity index (χ4v) is 2.70. The molecule has 3 rings (SSSR count). The summed E-state index contributed by atoms with van der Waals surface area (Å²) in [6, 6.07) is 20.2. The second-order valence-electron chi connectivity index (χ2n) is 5.26. The maximum absolute atomic E-state index is 12.6. The van der Waals surface area contributed by atoms with Gasteiger partial charge in [0, 0.05) is 11.1 Å². The van der Waals surface area contributed by atoms with Crippen LogP contribution in [0.3, 0.4) is 0 Å². The molecule has 0 aliphatic heterocycles. The fraction of sp³-hybridized carbons (Fsp3) is 0.0526. The highest BCUT2D eigenvalue weighted by Gasteiger charge is 2.20. The highest BCUT2D eigenvalue weighted by Crippen LogP contribution is 2.31. The molecule has 0 aliphatic rings. The molecule has 0 saturated carbocycles. The van der Waals surface area contributed by atoms with Crippen molar-refractivity contribution < 1.29 is 4.79 Å². The molecule has 0 saturated heterocycles. The molecule has 122 valence electrons. The van der Waals surface area contributed by atoms with Crippen LogP contribution in [0.2, 0.25) is 0 Å². The molecule has 2 aromatic carbocycles. The second kappa shape index (κ2) is 7.12. The van der Waals surface area contributed by atoms with Gasteiger partial charge in [-0.1, -0.05) is 60.7 Å². The quantitative estimate of drug-likeness (QED) is 0.678. The number of nitriles is 1.